The third kappa shape index (κ3) is 5.84. The topological polar surface area (TPSA) is 39.1 Å². The van der Waals surface area contributed by atoms with Crippen LogP contribution in [0.3, 0.4) is 0 Å². The highest BCUT2D eigenvalue weighted by Crippen LogP contribution is 2.01. The fraction of sp³-hybridized carbons (Fsp3) is 0.769. The van der Waals surface area contributed by atoms with Gasteiger partial charge in [0, 0.05) is 32.5 Å². The number of hydrogen-bond acceptors (Lipinski definition) is 3. The van der Waals surface area contributed by atoms with Crippen molar-refractivity contribution in [2.45, 2.75) is 40.3 Å². The Balaban J connectivity index is 2.27. The zero-order chi connectivity index (χ0) is 12.5. The molecule has 4 nitrogen and oxygen atoms in total. The molecule has 1 rings (SSSR count). The van der Waals surface area contributed by atoms with Gasteiger partial charge in [0.1, 0.15) is 0 Å². The van der Waals surface area contributed by atoms with Gasteiger partial charge in [0.15, 0.2) is 0 Å². The van der Waals surface area contributed by atoms with E-state index < -0.39 is 0 Å². The molecule has 0 aliphatic carbocycles. The van der Waals surface area contributed by atoms with Crippen molar-refractivity contribution >= 4 is 0 Å². The van der Waals surface area contributed by atoms with Crippen LogP contribution in [0.4, 0.5) is 0 Å². The molecular weight excluding hydrogens is 214 g/mol. The standard InChI is InChI=1S/C13H25N3O/c1-4-17-9-5-8-16-13(6-7-15-16)11-14-10-12(2)3/h6-7,12,14H,4-5,8-11H2,1-3H3. The molecule has 17 heavy (non-hydrogen) atoms. The lowest BCUT2D eigenvalue weighted by Gasteiger charge is -2.10. The van der Waals surface area contributed by atoms with Gasteiger partial charge in [-0.15, -0.1) is 0 Å². The molecule has 0 aromatic carbocycles. The van der Waals surface area contributed by atoms with Crippen molar-refractivity contribution in [2.75, 3.05) is 19.8 Å². The average molecular weight is 239 g/mol. The number of nitrogens with one attached hydrogen (secondary N) is 1. The van der Waals surface area contributed by atoms with E-state index in [-0.39, 0.29) is 0 Å². The molecule has 0 spiro atoms. The zero-order valence-electron chi connectivity index (χ0n) is 11.3. The Labute approximate surface area is 104 Å². The minimum Gasteiger partial charge on any atom is -0.382 e. The summed E-state index contributed by atoms with van der Waals surface area (Å²) in [4.78, 5) is 0. The monoisotopic (exact) mass is 239 g/mol. The summed E-state index contributed by atoms with van der Waals surface area (Å²) in [7, 11) is 0. The Kier molecular flexibility index (Phi) is 6.89. The molecule has 1 aromatic rings. The van der Waals surface area contributed by atoms with E-state index in [0.717, 1.165) is 39.3 Å². The minimum absolute atomic E-state index is 0.685. The molecule has 1 N–H and O–H groups in total. The molecule has 4 heteroatoms. The molecule has 98 valence electrons. The molecule has 0 saturated carbocycles. The van der Waals surface area contributed by atoms with Crippen LogP contribution in [-0.4, -0.2) is 29.5 Å². The van der Waals surface area contributed by atoms with Gasteiger partial charge in [-0.05, 0) is 31.9 Å². The first-order chi connectivity index (χ1) is 8.24. The molecule has 0 amide bonds. The van der Waals surface area contributed by atoms with Crippen LogP contribution in [0.2, 0.25) is 0 Å². The fourth-order valence-electron chi connectivity index (χ4n) is 1.66. The van der Waals surface area contributed by atoms with E-state index in [1.165, 1.54) is 5.69 Å². The van der Waals surface area contributed by atoms with Gasteiger partial charge in [-0.1, -0.05) is 13.8 Å². The lowest BCUT2D eigenvalue weighted by molar-refractivity contribution is 0.140. The molecular formula is C13H25N3O. The molecule has 0 bridgehead atoms. The average Bonchev–Trinajstić information content (AvgIpc) is 2.72. The largest absolute Gasteiger partial charge is 0.382 e. The van der Waals surface area contributed by atoms with E-state index in [0.29, 0.717) is 5.92 Å². The fourth-order valence-corrected chi connectivity index (χ4v) is 1.66. The predicted molar refractivity (Wildman–Crippen MR) is 69.9 cm³/mol. The first-order valence-corrected chi connectivity index (χ1v) is 6.53. The van der Waals surface area contributed by atoms with Crippen LogP contribution in [0.5, 0.6) is 0 Å². The lowest BCUT2D eigenvalue weighted by Crippen LogP contribution is -2.21. The number of nitrogens with zero attached hydrogens (tertiary/aromatic N) is 2. The third-order valence-corrected chi connectivity index (χ3v) is 2.53. The smallest absolute Gasteiger partial charge is 0.0522 e. The molecule has 0 aliphatic heterocycles. The van der Waals surface area contributed by atoms with E-state index in [4.69, 9.17) is 4.74 Å². The van der Waals surface area contributed by atoms with Crippen LogP contribution in [0.25, 0.3) is 0 Å². The summed E-state index contributed by atoms with van der Waals surface area (Å²) in [6.45, 7) is 10.9. The lowest BCUT2D eigenvalue weighted by atomic mass is 10.2. The predicted octanol–water partition coefficient (Wildman–Crippen LogP) is 2.06. The van der Waals surface area contributed by atoms with Gasteiger partial charge in [-0.25, -0.2) is 0 Å². The second-order valence-corrected chi connectivity index (χ2v) is 4.62. The van der Waals surface area contributed by atoms with E-state index in [1.54, 1.807) is 0 Å². The molecule has 0 atom stereocenters. The van der Waals surface area contributed by atoms with Crippen molar-refractivity contribution in [3.63, 3.8) is 0 Å². The number of aryl methyl sites for hydroxylation is 1. The second-order valence-electron chi connectivity index (χ2n) is 4.62. The summed E-state index contributed by atoms with van der Waals surface area (Å²) in [5.74, 6) is 0.685. The Morgan fingerprint density at radius 2 is 2.29 bits per heavy atom. The van der Waals surface area contributed by atoms with Crippen molar-refractivity contribution in [3.05, 3.63) is 18.0 Å². The molecule has 1 heterocycles. The molecule has 0 aliphatic rings. The summed E-state index contributed by atoms with van der Waals surface area (Å²) in [5.41, 5.74) is 1.25. The highest BCUT2D eigenvalue weighted by molar-refractivity contribution is 4.99. The highest BCUT2D eigenvalue weighted by atomic mass is 16.5. The van der Waals surface area contributed by atoms with Crippen LogP contribution in [-0.2, 0) is 17.8 Å². The minimum atomic E-state index is 0.685. The Hall–Kier alpha value is -0.870. The molecule has 1 aromatic heterocycles. The second kappa shape index (κ2) is 8.25. The zero-order valence-corrected chi connectivity index (χ0v) is 11.3. The Morgan fingerprint density at radius 1 is 1.47 bits per heavy atom. The summed E-state index contributed by atoms with van der Waals surface area (Å²) in [5, 5.41) is 7.77. The van der Waals surface area contributed by atoms with Crippen LogP contribution in [0.15, 0.2) is 12.3 Å². The summed E-state index contributed by atoms with van der Waals surface area (Å²) in [6.07, 6.45) is 2.89. The van der Waals surface area contributed by atoms with Crippen LogP contribution < -0.4 is 5.32 Å². The molecule has 0 fully saturated rings. The van der Waals surface area contributed by atoms with Gasteiger partial charge in [0.05, 0.1) is 5.69 Å². The maximum atomic E-state index is 5.33. The van der Waals surface area contributed by atoms with E-state index >= 15 is 0 Å². The van der Waals surface area contributed by atoms with Crippen molar-refractivity contribution in [1.82, 2.24) is 15.1 Å². The first kappa shape index (κ1) is 14.2. The molecule has 0 radical (unpaired) electrons. The van der Waals surface area contributed by atoms with E-state index in [2.05, 4.69) is 35.0 Å². The van der Waals surface area contributed by atoms with Crippen LogP contribution in [0.1, 0.15) is 32.9 Å². The maximum Gasteiger partial charge on any atom is 0.0522 e. The maximum absolute atomic E-state index is 5.33. The molecule has 0 unspecified atom stereocenters. The van der Waals surface area contributed by atoms with Gasteiger partial charge in [-0.3, -0.25) is 4.68 Å². The van der Waals surface area contributed by atoms with Gasteiger partial charge < -0.3 is 10.1 Å². The number of aromatic nitrogens is 2. The number of ether oxygens (including phenoxy) is 1. The SMILES string of the molecule is CCOCCCn1nccc1CNCC(C)C. The quantitative estimate of drug-likeness (QED) is 0.670. The normalized spacial score (nSPS) is 11.3. The summed E-state index contributed by atoms with van der Waals surface area (Å²) < 4.78 is 7.39. The number of rotatable bonds is 9. The summed E-state index contributed by atoms with van der Waals surface area (Å²) >= 11 is 0. The van der Waals surface area contributed by atoms with E-state index in [1.807, 2.05) is 13.1 Å². The number of hydrogen-bond donors (Lipinski definition) is 1. The Morgan fingerprint density at radius 3 is 3.00 bits per heavy atom. The van der Waals surface area contributed by atoms with Crippen molar-refractivity contribution in [3.8, 4) is 0 Å². The van der Waals surface area contributed by atoms with Gasteiger partial charge >= 0.3 is 0 Å². The van der Waals surface area contributed by atoms with Crippen LogP contribution >= 0.6 is 0 Å². The van der Waals surface area contributed by atoms with Gasteiger partial charge in [-0.2, -0.15) is 5.10 Å². The third-order valence-electron chi connectivity index (χ3n) is 2.53. The van der Waals surface area contributed by atoms with Crippen molar-refractivity contribution < 1.29 is 4.74 Å². The van der Waals surface area contributed by atoms with Crippen molar-refractivity contribution in [1.29, 1.82) is 0 Å². The molecule has 0 saturated heterocycles. The van der Waals surface area contributed by atoms with Gasteiger partial charge in [0.2, 0.25) is 0 Å². The van der Waals surface area contributed by atoms with E-state index in [9.17, 15) is 0 Å². The van der Waals surface area contributed by atoms with Crippen molar-refractivity contribution in [2.24, 2.45) is 5.92 Å². The highest BCUT2D eigenvalue weighted by Gasteiger charge is 2.02. The Bertz CT molecular complexity index is 297. The summed E-state index contributed by atoms with van der Waals surface area (Å²) in [6, 6.07) is 2.08. The first-order valence-electron chi connectivity index (χ1n) is 6.53. The van der Waals surface area contributed by atoms with Gasteiger partial charge in [0.25, 0.3) is 0 Å². The van der Waals surface area contributed by atoms with Crippen LogP contribution in [0, 0.1) is 5.92 Å².